The van der Waals surface area contributed by atoms with Gasteiger partial charge in [0.25, 0.3) is 0 Å². The minimum absolute atomic E-state index is 0.628. The van der Waals surface area contributed by atoms with Crippen molar-refractivity contribution in [2.45, 2.75) is 85.5 Å². The van der Waals surface area contributed by atoms with Crippen molar-refractivity contribution in [2.24, 2.45) is 0 Å². The Hall–Kier alpha value is -0.640. The van der Waals surface area contributed by atoms with Crippen LogP contribution in [0.25, 0.3) is 0 Å². The monoisotopic (exact) mass is 504 g/mol. The third-order valence-corrected chi connectivity index (χ3v) is 6.16. The maximum Gasteiger partial charge on any atom is 0.223 e. The van der Waals surface area contributed by atoms with E-state index in [-0.39, 0.29) is 0 Å². The molecule has 14 atom stereocenters. The van der Waals surface area contributed by atoms with Crippen molar-refractivity contribution >= 4 is 0 Å². The van der Waals surface area contributed by atoms with Gasteiger partial charge in [0.2, 0.25) is 5.79 Å². The Labute approximate surface area is 192 Å². The normalized spacial score (nSPS) is 52.5. The molecule has 3 heterocycles. The van der Waals surface area contributed by atoms with Crippen LogP contribution in [0.3, 0.4) is 0 Å². The minimum atomic E-state index is -2.44. The maximum absolute atomic E-state index is 10.9. The van der Waals surface area contributed by atoms with Crippen molar-refractivity contribution < 1.29 is 79.9 Å². The Morgan fingerprint density at radius 3 is 1.68 bits per heavy atom. The zero-order valence-corrected chi connectivity index (χ0v) is 17.8. The van der Waals surface area contributed by atoms with Gasteiger partial charge in [-0.25, -0.2) is 0 Å². The molecule has 16 nitrogen and oxygen atoms in total. The summed E-state index contributed by atoms with van der Waals surface area (Å²) in [5, 5.41) is 110. The average molecular weight is 504 g/mol. The third kappa shape index (κ3) is 5.09. The fraction of sp³-hybridized carbons (Fsp3) is 1.00. The molecule has 11 N–H and O–H groups in total. The summed E-state index contributed by atoms with van der Waals surface area (Å²) in [7, 11) is 0. The first-order chi connectivity index (χ1) is 16.0. The van der Waals surface area contributed by atoms with Gasteiger partial charge in [-0.15, -0.1) is 0 Å². The van der Waals surface area contributed by atoms with Gasteiger partial charge in [0.05, 0.1) is 19.8 Å². The SMILES string of the molecule is OC[C@H]1O[C@H](O[C@]2(CO)OC[C@H](O)[C@@H](O[C@H]3O[C@H](CO)[C@@H](O)[C@H](O)[C@H]3O)[C@@H]2O)[C@H](O)[C@@H](O)[C@@H]1O. The Balaban J connectivity index is 1.78. The molecule has 0 bridgehead atoms. The van der Waals surface area contributed by atoms with Crippen LogP contribution < -0.4 is 0 Å². The molecule has 3 aliphatic heterocycles. The second-order valence-electron chi connectivity index (χ2n) is 8.41. The lowest BCUT2D eigenvalue weighted by Gasteiger charge is -2.50. The summed E-state index contributed by atoms with van der Waals surface area (Å²) < 4.78 is 26.5. The van der Waals surface area contributed by atoms with E-state index in [1.54, 1.807) is 0 Å². The summed E-state index contributed by atoms with van der Waals surface area (Å²) in [5.41, 5.74) is 0. The molecule has 3 rings (SSSR count). The van der Waals surface area contributed by atoms with Crippen LogP contribution >= 0.6 is 0 Å². The molecule has 3 saturated heterocycles. The van der Waals surface area contributed by atoms with Gasteiger partial charge in [-0.3, -0.25) is 0 Å². The molecule has 200 valence electrons. The number of aliphatic hydroxyl groups is 11. The summed E-state index contributed by atoms with van der Waals surface area (Å²) in [6, 6.07) is 0. The van der Waals surface area contributed by atoms with Gasteiger partial charge in [-0.2, -0.15) is 0 Å². The summed E-state index contributed by atoms with van der Waals surface area (Å²) >= 11 is 0. The molecule has 0 spiro atoms. The topological polar surface area (TPSA) is 269 Å². The van der Waals surface area contributed by atoms with Gasteiger partial charge in [0.1, 0.15) is 73.8 Å². The van der Waals surface area contributed by atoms with E-state index in [1.807, 2.05) is 0 Å². The molecule has 0 aromatic carbocycles. The highest BCUT2D eigenvalue weighted by Gasteiger charge is 2.57. The van der Waals surface area contributed by atoms with Crippen LogP contribution in [-0.4, -0.2) is 168 Å². The zero-order valence-electron chi connectivity index (χ0n) is 17.8. The highest BCUT2D eigenvalue weighted by Crippen LogP contribution is 2.35. The van der Waals surface area contributed by atoms with Crippen LogP contribution in [0, 0.1) is 0 Å². The standard InChI is InChI=1S/C18H32O16/c19-1-6-8(23)10(25)12(27)16(31-6)33-14-5(22)3-30-18(4-21,15(14)29)34-17-13(28)11(26)9(24)7(2-20)32-17/h5-17,19-29H,1-4H2/t5-,6+,7+,8+,9+,10-,11-,12+,13+,14+,15-,16+,17+,18-/m0/s1. The van der Waals surface area contributed by atoms with Crippen molar-refractivity contribution in [3.8, 4) is 0 Å². The summed E-state index contributed by atoms with van der Waals surface area (Å²) in [6.07, 6.45) is -22.5. The minimum Gasteiger partial charge on any atom is -0.394 e. The molecular weight excluding hydrogens is 472 g/mol. The van der Waals surface area contributed by atoms with E-state index in [0.29, 0.717) is 0 Å². The van der Waals surface area contributed by atoms with Gasteiger partial charge in [0.15, 0.2) is 12.6 Å². The average Bonchev–Trinajstić information content (AvgIpc) is 2.83. The smallest absolute Gasteiger partial charge is 0.223 e. The molecular formula is C18H32O16. The predicted molar refractivity (Wildman–Crippen MR) is 101 cm³/mol. The lowest BCUT2D eigenvalue weighted by atomic mass is 9.95. The molecule has 0 aromatic heterocycles. The molecule has 0 unspecified atom stereocenters. The quantitative estimate of drug-likeness (QED) is 0.154. The largest absolute Gasteiger partial charge is 0.394 e. The van der Waals surface area contributed by atoms with E-state index in [9.17, 15) is 56.2 Å². The van der Waals surface area contributed by atoms with E-state index in [4.69, 9.17) is 23.7 Å². The second kappa shape index (κ2) is 11.2. The third-order valence-electron chi connectivity index (χ3n) is 6.16. The lowest BCUT2D eigenvalue weighted by Crippen LogP contribution is -2.69. The van der Waals surface area contributed by atoms with E-state index < -0.39 is 112 Å². The summed E-state index contributed by atoms with van der Waals surface area (Å²) in [5.74, 6) is -2.44. The van der Waals surface area contributed by atoms with Crippen molar-refractivity contribution in [3.05, 3.63) is 0 Å². The van der Waals surface area contributed by atoms with E-state index in [1.165, 1.54) is 0 Å². The van der Waals surface area contributed by atoms with Crippen molar-refractivity contribution in [3.63, 3.8) is 0 Å². The molecule has 34 heavy (non-hydrogen) atoms. The fourth-order valence-electron chi connectivity index (χ4n) is 4.01. The number of hydrogen-bond acceptors (Lipinski definition) is 16. The molecule has 0 aromatic rings. The van der Waals surface area contributed by atoms with Crippen LogP contribution in [-0.2, 0) is 23.7 Å². The first-order valence-corrected chi connectivity index (χ1v) is 10.6. The fourth-order valence-corrected chi connectivity index (χ4v) is 4.01. The van der Waals surface area contributed by atoms with Crippen LogP contribution in [0.2, 0.25) is 0 Å². The lowest BCUT2D eigenvalue weighted by molar-refractivity contribution is -0.425. The Morgan fingerprint density at radius 1 is 0.676 bits per heavy atom. The van der Waals surface area contributed by atoms with Gasteiger partial charge in [-0.05, 0) is 0 Å². The number of hydrogen-bond donors (Lipinski definition) is 11. The highest BCUT2D eigenvalue weighted by molar-refractivity contribution is 4.98. The Bertz CT molecular complexity index is 651. The van der Waals surface area contributed by atoms with Crippen LogP contribution in [0.15, 0.2) is 0 Å². The Morgan fingerprint density at radius 2 is 1.18 bits per heavy atom. The molecule has 3 aliphatic rings. The molecule has 0 amide bonds. The summed E-state index contributed by atoms with van der Waals surface area (Å²) in [4.78, 5) is 0. The van der Waals surface area contributed by atoms with Crippen LogP contribution in [0.4, 0.5) is 0 Å². The van der Waals surface area contributed by atoms with Gasteiger partial charge >= 0.3 is 0 Å². The number of ether oxygens (including phenoxy) is 5. The number of aliphatic hydroxyl groups excluding tert-OH is 11. The first-order valence-electron chi connectivity index (χ1n) is 10.6. The molecule has 0 saturated carbocycles. The van der Waals surface area contributed by atoms with Crippen LogP contribution in [0.5, 0.6) is 0 Å². The highest BCUT2D eigenvalue weighted by atomic mass is 16.8. The van der Waals surface area contributed by atoms with Gasteiger partial charge in [-0.1, -0.05) is 0 Å². The molecule has 0 radical (unpaired) electrons. The molecule has 16 heteroatoms. The van der Waals surface area contributed by atoms with E-state index in [0.717, 1.165) is 0 Å². The van der Waals surface area contributed by atoms with E-state index >= 15 is 0 Å². The molecule has 0 aliphatic carbocycles. The van der Waals surface area contributed by atoms with E-state index in [2.05, 4.69) is 0 Å². The first kappa shape index (κ1) is 27.9. The zero-order chi connectivity index (χ0) is 25.4. The number of rotatable bonds is 7. The molecule has 3 fully saturated rings. The predicted octanol–water partition coefficient (Wildman–Crippen LogP) is -7.57. The van der Waals surface area contributed by atoms with Gasteiger partial charge in [0, 0.05) is 0 Å². The van der Waals surface area contributed by atoms with Crippen molar-refractivity contribution in [2.75, 3.05) is 26.4 Å². The Kier molecular flexibility index (Phi) is 9.18. The van der Waals surface area contributed by atoms with Crippen LogP contribution in [0.1, 0.15) is 0 Å². The van der Waals surface area contributed by atoms with Gasteiger partial charge < -0.3 is 79.9 Å². The maximum atomic E-state index is 10.9. The van der Waals surface area contributed by atoms with Crippen molar-refractivity contribution in [1.82, 2.24) is 0 Å². The summed E-state index contributed by atoms with van der Waals surface area (Å²) in [6.45, 7) is -3.27. The van der Waals surface area contributed by atoms with Crippen molar-refractivity contribution in [1.29, 1.82) is 0 Å². The second-order valence-corrected chi connectivity index (χ2v) is 8.41.